The van der Waals surface area contributed by atoms with Crippen molar-refractivity contribution in [1.82, 2.24) is 15.1 Å². The number of piperidine rings is 1. The van der Waals surface area contributed by atoms with Gasteiger partial charge in [-0.3, -0.25) is 0 Å². The highest BCUT2D eigenvalue weighted by molar-refractivity contribution is 5.53. The van der Waals surface area contributed by atoms with Crippen molar-refractivity contribution in [2.24, 2.45) is 5.92 Å². The Hall–Kier alpha value is -1.36. The van der Waals surface area contributed by atoms with Crippen molar-refractivity contribution in [1.29, 1.82) is 0 Å². The van der Waals surface area contributed by atoms with Gasteiger partial charge in [0.25, 0.3) is 5.89 Å². The zero-order valence-corrected chi connectivity index (χ0v) is 11.3. The van der Waals surface area contributed by atoms with Gasteiger partial charge >= 0.3 is 0 Å². The first kappa shape index (κ1) is 13.1. The fraction of sp³-hybridized carbons (Fsp3) is 0.692. The van der Waals surface area contributed by atoms with Crippen molar-refractivity contribution in [2.75, 3.05) is 13.1 Å². The Kier molecular flexibility index (Phi) is 3.43. The molecular formula is C13H21N3O2. The average Bonchev–Trinajstić information content (AvgIpc) is 2.74. The first-order chi connectivity index (χ1) is 8.38. The number of aromatic nitrogens is 2. The quantitative estimate of drug-likeness (QED) is 0.888. The number of hydrogen-bond acceptors (Lipinski definition) is 5. The lowest BCUT2D eigenvalue weighted by atomic mass is 9.83. The molecule has 1 aromatic rings. The molecule has 0 radical (unpaired) electrons. The minimum absolute atomic E-state index is 0.339. The second-order valence-corrected chi connectivity index (χ2v) is 5.49. The van der Waals surface area contributed by atoms with Crippen LogP contribution in [0.4, 0.5) is 0 Å². The maximum absolute atomic E-state index is 10.0. The summed E-state index contributed by atoms with van der Waals surface area (Å²) < 4.78 is 5.38. The largest absolute Gasteiger partial charge is 0.420 e. The monoisotopic (exact) mass is 251 g/mol. The first-order valence-corrected chi connectivity index (χ1v) is 6.34. The van der Waals surface area contributed by atoms with Gasteiger partial charge in [-0.1, -0.05) is 6.58 Å². The van der Waals surface area contributed by atoms with E-state index in [2.05, 4.69) is 21.7 Å². The van der Waals surface area contributed by atoms with Crippen LogP contribution in [0.5, 0.6) is 0 Å². The summed E-state index contributed by atoms with van der Waals surface area (Å²) in [5.74, 6) is 1.39. The Balaban J connectivity index is 1.96. The van der Waals surface area contributed by atoms with E-state index in [0.717, 1.165) is 31.6 Å². The number of nitrogens with zero attached hydrogens (tertiary/aromatic N) is 3. The van der Waals surface area contributed by atoms with Crippen LogP contribution in [-0.2, 0) is 0 Å². The molecule has 1 fully saturated rings. The van der Waals surface area contributed by atoms with Crippen LogP contribution in [0.1, 0.15) is 38.5 Å². The molecule has 18 heavy (non-hydrogen) atoms. The molecule has 0 atom stereocenters. The Morgan fingerprint density at radius 3 is 2.44 bits per heavy atom. The van der Waals surface area contributed by atoms with Gasteiger partial charge in [0.2, 0.25) is 5.89 Å². The second-order valence-electron chi connectivity index (χ2n) is 5.49. The molecule has 5 nitrogen and oxygen atoms in total. The minimum atomic E-state index is -0.603. The summed E-state index contributed by atoms with van der Waals surface area (Å²) in [6.45, 7) is 11.3. The number of rotatable bonds is 3. The van der Waals surface area contributed by atoms with Gasteiger partial charge in [-0.05, 0) is 32.6 Å². The van der Waals surface area contributed by atoms with Crippen molar-refractivity contribution in [2.45, 2.75) is 39.2 Å². The first-order valence-electron chi connectivity index (χ1n) is 6.34. The molecule has 0 aliphatic carbocycles. The molecule has 1 aromatic heterocycles. The summed E-state index contributed by atoms with van der Waals surface area (Å²) >= 11 is 0. The van der Waals surface area contributed by atoms with Crippen LogP contribution < -0.4 is 0 Å². The van der Waals surface area contributed by atoms with E-state index in [4.69, 9.17) is 4.42 Å². The van der Waals surface area contributed by atoms with Gasteiger partial charge in [0.1, 0.15) is 0 Å². The van der Waals surface area contributed by atoms with E-state index in [1.54, 1.807) is 6.92 Å². The molecule has 0 spiro atoms. The molecule has 0 amide bonds. The number of hydrogen-bond donors (Lipinski definition) is 1. The predicted octanol–water partition coefficient (Wildman–Crippen LogP) is 1.83. The van der Waals surface area contributed by atoms with Crippen LogP contribution in [0.25, 0.3) is 5.70 Å². The Morgan fingerprint density at radius 1 is 1.39 bits per heavy atom. The second kappa shape index (κ2) is 4.72. The third-order valence-electron chi connectivity index (χ3n) is 3.65. The van der Waals surface area contributed by atoms with Crippen LogP contribution in [0.2, 0.25) is 0 Å². The lowest BCUT2D eigenvalue weighted by Crippen LogP contribution is -2.41. The Morgan fingerprint density at radius 2 is 2.00 bits per heavy atom. The van der Waals surface area contributed by atoms with Gasteiger partial charge in [0, 0.05) is 20.0 Å². The van der Waals surface area contributed by atoms with Crippen molar-refractivity contribution in [3.63, 3.8) is 0 Å². The topological polar surface area (TPSA) is 62.4 Å². The highest BCUT2D eigenvalue weighted by Gasteiger charge is 2.31. The van der Waals surface area contributed by atoms with Gasteiger partial charge in [-0.15, -0.1) is 10.2 Å². The summed E-state index contributed by atoms with van der Waals surface area (Å²) in [5.41, 5.74) is 0.180. The number of aliphatic hydroxyl groups is 1. The van der Waals surface area contributed by atoms with Crippen LogP contribution in [0.3, 0.4) is 0 Å². The van der Waals surface area contributed by atoms with Gasteiger partial charge in [0.15, 0.2) is 0 Å². The van der Waals surface area contributed by atoms with Gasteiger partial charge in [-0.25, -0.2) is 0 Å². The summed E-state index contributed by atoms with van der Waals surface area (Å²) in [4.78, 5) is 2.15. The molecular weight excluding hydrogens is 230 g/mol. The summed E-state index contributed by atoms with van der Waals surface area (Å²) in [6, 6.07) is 0. The highest BCUT2D eigenvalue weighted by Crippen LogP contribution is 2.30. The highest BCUT2D eigenvalue weighted by atomic mass is 16.4. The molecule has 0 unspecified atom stereocenters. The van der Waals surface area contributed by atoms with Gasteiger partial charge < -0.3 is 14.4 Å². The standard InChI is InChI=1S/C13H21N3O2/c1-9(12-15-14-10(2)18-12)16-7-5-11(6-8-16)13(3,4)17/h11,17H,1,5-8H2,2-4H3. The molecule has 0 bridgehead atoms. The summed E-state index contributed by atoms with van der Waals surface area (Å²) in [5, 5.41) is 17.8. The molecule has 1 aliphatic rings. The Bertz CT molecular complexity index is 426. The van der Waals surface area contributed by atoms with Crippen molar-refractivity contribution >= 4 is 5.70 Å². The normalized spacial score (nSPS) is 18.1. The van der Waals surface area contributed by atoms with E-state index >= 15 is 0 Å². The van der Waals surface area contributed by atoms with Crippen LogP contribution >= 0.6 is 0 Å². The van der Waals surface area contributed by atoms with Crippen LogP contribution in [-0.4, -0.2) is 38.9 Å². The third kappa shape index (κ3) is 2.72. The molecule has 100 valence electrons. The van der Waals surface area contributed by atoms with Crippen molar-refractivity contribution in [3.8, 4) is 0 Å². The number of aryl methyl sites for hydroxylation is 1. The fourth-order valence-electron chi connectivity index (χ4n) is 2.40. The lowest BCUT2D eigenvalue weighted by Gasteiger charge is -2.38. The maximum atomic E-state index is 10.0. The molecule has 2 rings (SSSR count). The molecule has 1 N–H and O–H groups in total. The van der Waals surface area contributed by atoms with Gasteiger partial charge in [-0.2, -0.15) is 0 Å². The van der Waals surface area contributed by atoms with Crippen LogP contribution in [0, 0.1) is 12.8 Å². The van der Waals surface area contributed by atoms with E-state index < -0.39 is 5.60 Å². The van der Waals surface area contributed by atoms with Crippen molar-refractivity contribution in [3.05, 3.63) is 18.4 Å². The Labute approximate surface area is 108 Å². The molecule has 0 aromatic carbocycles. The van der Waals surface area contributed by atoms with E-state index in [0.29, 0.717) is 17.7 Å². The van der Waals surface area contributed by atoms with Crippen molar-refractivity contribution < 1.29 is 9.52 Å². The summed E-state index contributed by atoms with van der Waals surface area (Å²) in [6.07, 6.45) is 1.91. The molecule has 2 heterocycles. The average molecular weight is 251 g/mol. The molecule has 1 saturated heterocycles. The molecule has 5 heteroatoms. The minimum Gasteiger partial charge on any atom is -0.420 e. The summed E-state index contributed by atoms with van der Waals surface area (Å²) in [7, 11) is 0. The molecule has 1 aliphatic heterocycles. The van der Waals surface area contributed by atoms with E-state index in [9.17, 15) is 5.11 Å². The molecule has 0 saturated carbocycles. The van der Waals surface area contributed by atoms with Gasteiger partial charge in [0.05, 0.1) is 11.3 Å². The fourth-order valence-corrected chi connectivity index (χ4v) is 2.40. The SMILES string of the molecule is C=C(c1nnc(C)o1)N1CCC(C(C)(C)O)CC1. The zero-order valence-electron chi connectivity index (χ0n) is 11.3. The van der Waals surface area contributed by atoms with Crippen LogP contribution in [0.15, 0.2) is 11.0 Å². The predicted molar refractivity (Wildman–Crippen MR) is 68.7 cm³/mol. The van der Waals surface area contributed by atoms with E-state index in [-0.39, 0.29) is 0 Å². The number of likely N-dealkylation sites (tertiary alicyclic amines) is 1. The lowest BCUT2D eigenvalue weighted by molar-refractivity contribution is -0.00603. The maximum Gasteiger partial charge on any atom is 0.263 e. The third-order valence-corrected chi connectivity index (χ3v) is 3.65. The smallest absolute Gasteiger partial charge is 0.263 e. The zero-order chi connectivity index (χ0) is 13.3. The van der Waals surface area contributed by atoms with E-state index in [1.807, 2.05) is 13.8 Å². The van der Waals surface area contributed by atoms with E-state index in [1.165, 1.54) is 0 Å².